The third kappa shape index (κ3) is 9.73. The van der Waals surface area contributed by atoms with Crippen molar-refractivity contribution in [3.8, 4) is 5.88 Å². The molecule has 3 heterocycles. The molecule has 3 rings (SSSR count). The van der Waals surface area contributed by atoms with E-state index in [-0.39, 0.29) is 0 Å². The van der Waals surface area contributed by atoms with Gasteiger partial charge in [0.25, 0.3) is 0 Å². The second kappa shape index (κ2) is 13.6. The summed E-state index contributed by atoms with van der Waals surface area (Å²) in [5.74, 6) is -1.40. The van der Waals surface area contributed by atoms with Gasteiger partial charge in [0.05, 0.1) is 6.61 Å². The third-order valence-corrected chi connectivity index (χ3v) is 4.75. The summed E-state index contributed by atoms with van der Waals surface area (Å²) in [4.78, 5) is 47.8. The van der Waals surface area contributed by atoms with Crippen molar-refractivity contribution in [1.82, 2.24) is 29.6 Å². The van der Waals surface area contributed by atoms with Gasteiger partial charge < -0.3 is 19.8 Å². The van der Waals surface area contributed by atoms with Crippen LogP contribution >= 0.6 is 0 Å². The molecule has 34 heavy (non-hydrogen) atoms. The number of nitrogens with zero attached hydrogens (tertiary/aromatic N) is 7. The number of aryl methyl sites for hydroxylation is 2. The van der Waals surface area contributed by atoms with Crippen molar-refractivity contribution in [1.29, 1.82) is 0 Å². The van der Waals surface area contributed by atoms with Crippen LogP contribution in [0.4, 0.5) is 5.95 Å². The molecule has 0 amide bonds. The van der Waals surface area contributed by atoms with Crippen LogP contribution in [0.2, 0.25) is 0 Å². The third-order valence-electron chi connectivity index (χ3n) is 4.75. The van der Waals surface area contributed by atoms with Gasteiger partial charge in [-0.3, -0.25) is 4.90 Å². The summed E-state index contributed by atoms with van der Waals surface area (Å²) in [7, 11) is 1.56. The first-order valence-electron chi connectivity index (χ1n) is 10.7. The van der Waals surface area contributed by atoms with Gasteiger partial charge in [0, 0.05) is 57.3 Å². The SMILES string of the molecule is Cc1ccnc(N2CCN(CCCCOc3cnn(C)c(=O)n3)CC2)n1.O=C(O)C=CC(=O)O. The van der Waals surface area contributed by atoms with Gasteiger partial charge in [0.2, 0.25) is 11.8 Å². The van der Waals surface area contributed by atoms with Crippen molar-refractivity contribution in [2.24, 2.45) is 7.05 Å². The van der Waals surface area contributed by atoms with E-state index in [1.54, 1.807) is 7.05 Å². The van der Waals surface area contributed by atoms with Crippen LogP contribution in [0.5, 0.6) is 5.88 Å². The number of hydrogen-bond donors (Lipinski definition) is 2. The smallest absolute Gasteiger partial charge is 0.366 e. The molecule has 0 spiro atoms. The number of carboxylic acid groups (broad SMARTS) is 2. The highest BCUT2D eigenvalue weighted by atomic mass is 16.5. The Morgan fingerprint density at radius 2 is 1.76 bits per heavy atom. The van der Waals surface area contributed by atoms with E-state index in [0.717, 1.165) is 57.2 Å². The zero-order valence-electron chi connectivity index (χ0n) is 19.2. The van der Waals surface area contributed by atoms with Gasteiger partial charge in [-0.2, -0.15) is 10.1 Å². The summed E-state index contributed by atoms with van der Waals surface area (Å²) in [6, 6.07) is 1.92. The van der Waals surface area contributed by atoms with Gasteiger partial charge in [-0.15, -0.1) is 0 Å². The van der Waals surface area contributed by atoms with E-state index >= 15 is 0 Å². The maximum atomic E-state index is 11.4. The minimum absolute atomic E-state index is 0.292. The molecule has 2 aromatic rings. The molecule has 0 atom stereocenters. The molecule has 1 aliphatic heterocycles. The van der Waals surface area contributed by atoms with Crippen molar-refractivity contribution in [2.45, 2.75) is 19.8 Å². The second-order valence-electron chi connectivity index (χ2n) is 7.39. The summed E-state index contributed by atoms with van der Waals surface area (Å²) in [5.41, 5.74) is 0.594. The van der Waals surface area contributed by atoms with Crippen molar-refractivity contribution < 1.29 is 24.5 Å². The Bertz CT molecular complexity index is 1020. The van der Waals surface area contributed by atoms with Crippen molar-refractivity contribution >= 4 is 17.9 Å². The Labute approximate surface area is 196 Å². The fraction of sp³-hybridized carbons (Fsp3) is 0.476. The monoisotopic (exact) mass is 475 g/mol. The fourth-order valence-electron chi connectivity index (χ4n) is 2.97. The maximum absolute atomic E-state index is 11.4. The number of unbranched alkanes of at least 4 members (excludes halogenated alkanes) is 1. The van der Waals surface area contributed by atoms with Crippen LogP contribution in [0.15, 0.2) is 35.4 Å². The molecule has 13 heteroatoms. The van der Waals surface area contributed by atoms with Gasteiger partial charge >= 0.3 is 17.6 Å². The van der Waals surface area contributed by atoms with Crippen LogP contribution in [0.3, 0.4) is 0 Å². The number of piperazine rings is 1. The highest BCUT2D eigenvalue weighted by molar-refractivity contribution is 5.89. The molecule has 0 radical (unpaired) electrons. The number of ether oxygens (including phenoxy) is 1. The average molecular weight is 476 g/mol. The molecule has 1 aliphatic rings. The van der Waals surface area contributed by atoms with Crippen LogP contribution in [-0.2, 0) is 16.6 Å². The largest absolute Gasteiger partial charge is 0.478 e. The summed E-state index contributed by atoms with van der Waals surface area (Å²) in [6.07, 6.45) is 6.35. The van der Waals surface area contributed by atoms with E-state index < -0.39 is 17.6 Å². The second-order valence-corrected chi connectivity index (χ2v) is 7.39. The Kier molecular flexibility index (Phi) is 10.6. The molecule has 184 valence electrons. The van der Waals surface area contributed by atoms with Crippen LogP contribution in [0, 0.1) is 6.92 Å². The molecule has 0 bridgehead atoms. The fourth-order valence-corrected chi connectivity index (χ4v) is 2.97. The van der Waals surface area contributed by atoms with E-state index in [2.05, 4.69) is 29.9 Å². The molecule has 0 saturated carbocycles. The van der Waals surface area contributed by atoms with Crippen LogP contribution in [0.25, 0.3) is 0 Å². The van der Waals surface area contributed by atoms with Gasteiger partial charge in [0.15, 0.2) is 0 Å². The minimum Gasteiger partial charge on any atom is -0.478 e. The summed E-state index contributed by atoms with van der Waals surface area (Å²) < 4.78 is 6.66. The first kappa shape index (κ1) is 26.4. The van der Waals surface area contributed by atoms with E-state index in [9.17, 15) is 14.4 Å². The number of aliphatic carboxylic acids is 2. The number of anilines is 1. The first-order valence-corrected chi connectivity index (χ1v) is 10.7. The van der Waals surface area contributed by atoms with Gasteiger partial charge in [-0.25, -0.2) is 29.0 Å². The molecule has 0 aliphatic carbocycles. The molecule has 0 aromatic carbocycles. The molecule has 0 unspecified atom stereocenters. The lowest BCUT2D eigenvalue weighted by Crippen LogP contribution is -2.47. The highest BCUT2D eigenvalue weighted by Gasteiger charge is 2.18. The van der Waals surface area contributed by atoms with E-state index in [0.29, 0.717) is 24.6 Å². The van der Waals surface area contributed by atoms with Crippen molar-refractivity contribution in [3.63, 3.8) is 0 Å². The van der Waals surface area contributed by atoms with Crippen LogP contribution in [-0.4, -0.2) is 91.1 Å². The number of aromatic nitrogens is 5. The number of carbonyl (C=O) groups is 2. The number of rotatable bonds is 9. The summed E-state index contributed by atoms with van der Waals surface area (Å²) in [6.45, 7) is 7.48. The van der Waals surface area contributed by atoms with Crippen LogP contribution in [0.1, 0.15) is 18.5 Å². The van der Waals surface area contributed by atoms with E-state index in [4.69, 9.17) is 14.9 Å². The maximum Gasteiger partial charge on any atom is 0.366 e. The molecule has 1 fully saturated rings. The molecular weight excluding hydrogens is 446 g/mol. The van der Waals surface area contributed by atoms with Gasteiger partial charge in [-0.05, 0) is 32.4 Å². The first-order chi connectivity index (χ1) is 16.2. The predicted octanol–water partition coefficient (Wildman–Crippen LogP) is -0.0333. The number of carboxylic acids is 2. The Hall–Kier alpha value is -3.87. The highest BCUT2D eigenvalue weighted by Crippen LogP contribution is 2.11. The minimum atomic E-state index is -1.26. The molecule has 1 saturated heterocycles. The topological polar surface area (TPSA) is 164 Å². The zero-order valence-corrected chi connectivity index (χ0v) is 19.2. The Morgan fingerprint density at radius 1 is 1.09 bits per heavy atom. The Morgan fingerprint density at radius 3 is 2.35 bits per heavy atom. The van der Waals surface area contributed by atoms with E-state index in [1.165, 1.54) is 10.9 Å². The summed E-state index contributed by atoms with van der Waals surface area (Å²) in [5, 5.41) is 19.5. The van der Waals surface area contributed by atoms with E-state index in [1.807, 2.05) is 19.2 Å². The quantitative estimate of drug-likeness (QED) is 0.368. The molecule has 13 nitrogen and oxygen atoms in total. The summed E-state index contributed by atoms with van der Waals surface area (Å²) >= 11 is 0. The lowest BCUT2D eigenvalue weighted by atomic mass is 10.2. The van der Waals surface area contributed by atoms with Crippen molar-refractivity contribution in [2.75, 3.05) is 44.2 Å². The lowest BCUT2D eigenvalue weighted by molar-refractivity contribution is -0.134. The van der Waals surface area contributed by atoms with Gasteiger partial charge in [-0.1, -0.05) is 0 Å². The molecule has 2 aromatic heterocycles. The molecule has 2 N–H and O–H groups in total. The van der Waals surface area contributed by atoms with Crippen molar-refractivity contribution in [3.05, 3.63) is 46.8 Å². The normalized spacial score (nSPS) is 13.9. The average Bonchev–Trinajstić information content (AvgIpc) is 2.80. The standard InChI is InChI=1S/C17H25N7O2.C4H4O4/c1-14-5-6-18-16(20-14)24-10-8-23(9-11-24)7-3-4-12-26-15-13-19-22(2)17(25)21-15;5-3(6)1-2-4(7)8/h5-6,13H,3-4,7-12H2,1-2H3;1-2H,(H,5,6)(H,7,8). The number of hydrogen-bond acceptors (Lipinski definition) is 10. The van der Waals surface area contributed by atoms with Gasteiger partial charge in [0.1, 0.15) is 6.20 Å². The Balaban J connectivity index is 0.000000440. The zero-order chi connectivity index (χ0) is 24.9. The predicted molar refractivity (Wildman–Crippen MR) is 122 cm³/mol. The molecular formula is C21H29N7O6. The van der Waals surface area contributed by atoms with Crippen LogP contribution < -0.4 is 15.3 Å². The lowest BCUT2D eigenvalue weighted by Gasteiger charge is -2.34.